The molecule has 5 nitrogen and oxygen atoms in total. The first-order chi connectivity index (χ1) is 12.9. The molecule has 0 aromatic heterocycles. The largest absolute Gasteiger partial charge is 0.325 e. The number of likely N-dealkylation sites (tertiary alicyclic amines) is 1. The molecule has 1 fully saturated rings. The van der Waals surface area contributed by atoms with Crippen LogP contribution in [0.3, 0.4) is 0 Å². The van der Waals surface area contributed by atoms with Crippen LogP contribution < -0.4 is 5.32 Å². The van der Waals surface area contributed by atoms with Crippen LogP contribution in [0.5, 0.6) is 0 Å². The van der Waals surface area contributed by atoms with Gasteiger partial charge in [-0.25, -0.2) is 8.78 Å². The zero-order valence-corrected chi connectivity index (χ0v) is 15.0. The number of nitrogens with one attached hydrogen (secondary N) is 1. The topological polar surface area (TPSA) is 66.5 Å². The molecular formula is C19H16F2N2O3S. The maximum Gasteiger partial charge on any atom is 0.234 e. The van der Waals surface area contributed by atoms with Crippen LogP contribution in [0.4, 0.5) is 14.5 Å². The number of rotatable bonds is 6. The fourth-order valence-corrected chi connectivity index (χ4v) is 3.33. The van der Waals surface area contributed by atoms with Gasteiger partial charge in [0.1, 0.15) is 11.6 Å². The van der Waals surface area contributed by atoms with E-state index in [0.717, 1.165) is 29.5 Å². The maximum atomic E-state index is 13.5. The summed E-state index contributed by atoms with van der Waals surface area (Å²) in [6.45, 7) is 0.214. The van der Waals surface area contributed by atoms with Crippen molar-refractivity contribution in [2.45, 2.75) is 24.3 Å². The molecule has 0 aliphatic carbocycles. The Morgan fingerprint density at radius 1 is 1.04 bits per heavy atom. The second-order valence-corrected chi connectivity index (χ2v) is 7.00. The average molecular weight is 390 g/mol. The summed E-state index contributed by atoms with van der Waals surface area (Å²) in [5.74, 6) is -2.09. The third-order valence-electron chi connectivity index (χ3n) is 3.99. The van der Waals surface area contributed by atoms with Crippen molar-refractivity contribution in [2.24, 2.45) is 0 Å². The number of anilines is 1. The second-order valence-electron chi connectivity index (χ2n) is 5.98. The fraction of sp³-hybridized carbons (Fsp3) is 0.211. The van der Waals surface area contributed by atoms with E-state index in [0.29, 0.717) is 5.69 Å². The molecule has 0 saturated carbocycles. The molecule has 1 aliphatic heterocycles. The molecule has 3 rings (SSSR count). The Morgan fingerprint density at radius 3 is 2.33 bits per heavy atom. The quantitative estimate of drug-likeness (QED) is 0.607. The van der Waals surface area contributed by atoms with Gasteiger partial charge in [-0.15, -0.1) is 11.8 Å². The van der Waals surface area contributed by atoms with Gasteiger partial charge in [-0.1, -0.05) is 12.1 Å². The van der Waals surface area contributed by atoms with E-state index < -0.39 is 11.6 Å². The Kier molecular flexibility index (Phi) is 5.85. The third kappa shape index (κ3) is 4.91. The van der Waals surface area contributed by atoms with Crippen molar-refractivity contribution in [1.82, 2.24) is 4.90 Å². The lowest BCUT2D eigenvalue weighted by Crippen LogP contribution is -2.28. The summed E-state index contributed by atoms with van der Waals surface area (Å²) in [6, 6.07) is 9.98. The van der Waals surface area contributed by atoms with E-state index in [9.17, 15) is 23.2 Å². The molecule has 8 heteroatoms. The molecule has 0 spiro atoms. The number of amides is 3. The molecule has 0 bridgehead atoms. The summed E-state index contributed by atoms with van der Waals surface area (Å²) >= 11 is 0.973. The first-order valence-corrected chi connectivity index (χ1v) is 9.21. The van der Waals surface area contributed by atoms with Gasteiger partial charge in [0, 0.05) is 29.5 Å². The highest BCUT2D eigenvalue weighted by Gasteiger charge is 2.28. The average Bonchev–Trinajstić information content (AvgIpc) is 2.94. The number of benzene rings is 2. The van der Waals surface area contributed by atoms with Crippen molar-refractivity contribution >= 4 is 35.2 Å². The summed E-state index contributed by atoms with van der Waals surface area (Å²) in [5, 5.41) is 2.68. The number of hydrogen-bond donors (Lipinski definition) is 1. The van der Waals surface area contributed by atoms with Crippen molar-refractivity contribution in [3.05, 3.63) is 59.7 Å². The number of carbonyl (C=O) groups excluding carboxylic acids is 3. The van der Waals surface area contributed by atoms with Crippen LogP contribution in [0.2, 0.25) is 0 Å². The van der Waals surface area contributed by atoms with Gasteiger partial charge in [0.2, 0.25) is 17.7 Å². The molecule has 0 atom stereocenters. The lowest BCUT2D eigenvalue weighted by molar-refractivity contribution is -0.139. The predicted molar refractivity (Wildman–Crippen MR) is 96.9 cm³/mol. The molecule has 3 amide bonds. The lowest BCUT2D eigenvalue weighted by atomic mass is 10.2. The molecule has 0 radical (unpaired) electrons. The molecule has 1 N–H and O–H groups in total. The fourth-order valence-electron chi connectivity index (χ4n) is 2.61. The van der Waals surface area contributed by atoms with Crippen molar-refractivity contribution in [2.75, 3.05) is 11.1 Å². The van der Waals surface area contributed by atoms with Crippen molar-refractivity contribution in [3.8, 4) is 0 Å². The summed E-state index contributed by atoms with van der Waals surface area (Å²) in [5.41, 5.74) is 1.32. The molecule has 2 aromatic carbocycles. The first-order valence-electron chi connectivity index (χ1n) is 8.22. The second kappa shape index (κ2) is 8.30. The number of halogens is 2. The van der Waals surface area contributed by atoms with Crippen molar-refractivity contribution in [1.29, 1.82) is 0 Å². The van der Waals surface area contributed by atoms with E-state index in [1.54, 1.807) is 24.3 Å². The number of hydrogen-bond acceptors (Lipinski definition) is 4. The number of nitrogens with zero attached hydrogens (tertiary/aromatic N) is 1. The maximum absolute atomic E-state index is 13.5. The van der Waals surface area contributed by atoms with Crippen LogP contribution in [0, 0.1) is 11.6 Å². The zero-order chi connectivity index (χ0) is 19.4. The monoisotopic (exact) mass is 390 g/mol. The molecule has 1 heterocycles. The molecule has 27 heavy (non-hydrogen) atoms. The standard InChI is InChI=1S/C19H16F2N2O3S/c20-13-3-6-16(15(21)9-13)27-11-17(24)22-14-4-1-12(2-5-14)10-23-18(25)7-8-19(23)26/h1-6,9H,7-8,10-11H2,(H,22,24). The Hall–Kier alpha value is -2.74. The van der Waals surface area contributed by atoms with Crippen LogP contribution in [0.15, 0.2) is 47.4 Å². The van der Waals surface area contributed by atoms with Crippen LogP contribution in [0.25, 0.3) is 0 Å². The Labute approximate surface area is 158 Å². The Bertz CT molecular complexity index is 871. The van der Waals surface area contributed by atoms with Gasteiger partial charge in [-0.3, -0.25) is 19.3 Å². The van der Waals surface area contributed by atoms with Gasteiger partial charge in [0.25, 0.3) is 0 Å². The molecule has 1 aliphatic rings. The predicted octanol–water partition coefficient (Wildman–Crippen LogP) is 3.34. The van der Waals surface area contributed by atoms with Crippen LogP contribution in [-0.2, 0) is 20.9 Å². The summed E-state index contributed by atoms with van der Waals surface area (Å²) in [6.07, 6.45) is 0.499. The third-order valence-corrected chi connectivity index (χ3v) is 5.03. The van der Waals surface area contributed by atoms with E-state index in [4.69, 9.17) is 0 Å². The number of carbonyl (C=O) groups is 3. The van der Waals surface area contributed by atoms with Gasteiger partial charge in [-0.2, -0.15) is 0 Å². The molecule has 2 aromatic rings. The minimum absolute atomic E-state index is 0.0267. The normalized spacial score (nSPS) is 13.9. The SMILES string of the molecule is O=C(CSc1ccc(F)cc1F)Nc1ccc(CN2C(=O)CCC2=O)cc1. The number of imide groups is 1. The van der Waals surface area contributed by atoms with Gasteiger partial charge in [-0.05, 0) is 29.8 Å². The lowest BCUT2D eigenvalue weighted by Gasteiger charge is -2.14. The summed E-state index contributed by atoms with van der Waals surface area (Å²) < 4.78 is 26.4. The number of thioether (sulfide) groups is 1. The highest BCUT2D eigenvalue weighted by Crippen LogP contribution is 2.23. The minimum Gasteiger partial charge on any atom is -0.325 e. The molecule has 0 unspecified atom stereocenters. The molecule has 1 saturated heterocycles. The highest BCUT2D eigenvalue weighted by atomic mass is 32.2. The van der Waals surface area contributed by atoms with E-state index in [2.05, 4.69) is 5.32 Å². The Balaban J connectivity index is 1.52. The van der Waals surface area contributed by atoms with E-state index in [1.165, 1.54) is 11.0 Å². The van der Waals surface area contributed by atoms with E-state index in [-0.39, 0.29) is 47.8 Å². The smallest absolute Gasteiger partial charge is 0.234 e. The first kappa shape index (κ1) is 19.0. The zero-order valence-electron chi connectivity index (χ0n) is 14.2. The summed E-state index contributed by atoms with van der Waals surface area (Å²) in [7, 11) is 0. The van der Waals surface area contributed by atoms with Crippen molar-refractivity contribution in [3.63, 3.8) is 0 Å². The molecule has 140 valence electrons. The van der Waals surface area contributed by atoms with E-state index in [1.807, 2.05) is 0 Å². The van der Waals surface area contributed by atoms with Gasteiger partial charge < -0.3 is 5.32 Å². The van der Waals surface area contributed by atoms with Crippen molar-refractivity contribution < 1.29 is 23.2 Å². The highest BCUT2D eigenvalue weighted by molar-refractivity contribution is 8.00. The molecular weight excluding hydrogens is 374 g/mol. The van der Waals surface area contributed by atoms with Crippen LogP contribution >= 0.6 is 11.8 Å². The summed E-state index contributed by atoms with van der Waals surface area (Å²) in [4.78, 5) is 36.7. The van der Waals surface area contributed by atoms with Crippen LogP contribution in [-0.4, -0.2) is 28.4 Å². The van der Waals surface area contributed by atoms with Gasteiger partial charge in [0.05, 0.1) is 12.3 Å². The van der Waals surface area contributed by atoms with Gasteiger partial charge in [0.15, 0.2) is 0 Å². The van der Waals surface area contributed by atoms with Gasteiger partial charge >= 0.3 is 0 Å². The Morgan fingerprint density at radius 2 is 1.70 bits per heavy atom. The van der Waals surface area contributed by atoms with Crippen LogP contribution in [0.1, 0.15) is 18.4 Å². The van der Waals surface area contributed by atoms with E-state index >= 15 is 0 Å². The minimum atomic E-state index is -0.705.